The third-order valence-corrected chi connectivity index (χ3v) is 7.65. The summed E-state index contributed by atoms with van der Waals surface area (Å²) in [7, 11) is 0. The maximum atomic E-state index is 10.2. The summed E-state index contributed by atoms with van der Waals surface area (Å²) in [6.07, 6.45) is 0. The molecule has 0 N–H and O–H groups in total. The molecule has 162 valence electrons. The molecule has 7 aromatic rings. The topological polar surface area (TPSA) is 57.4 Å². The van der Waals surface area contributed by atoms with Crippen molar-refractivity contribution in [2.75, 3.05) is 0 Å². The number of aromatic nitrogens is 2. The number of hydrogen-bond donors (Lipinski definition) is 0. The molecule has 0 unspecified atom stereocenters. The zero-order valence-electron chi connectivity index (χ0n) is 18.4. The average molecular weight is 465 g/mol. The van der Waals surface area contributed by atoms with Gasteiger partial charge in [0.2, 0.25) is 0 Å². The van der Waals surface area contributed by atoms with Crippen molar-refractivity contribution >= 4 is 54.9 Å². The molecule has 0 amide bonds. The summed E-state index contributed by atoms with van der Waals surface area (Å²) in [5.41, 5.74) is 5.53. The quantitative estimate of drug-likeness (QED) is 0.263. The Bertz CT molecular complexity index is 1790. The predicted octanol–water partition coefficient (Wildman–Crippen LogP) is 7.69. The van der Waals surface area contributed by atoms with Gasteiger partial charge in [0, 0.05) is 21.5 Å². The van der Waals surface area contributed by atoms with Crippen LogP contribution < -0.4 is 0 Å². The number of nitriles is 2. The lowest BCUT2D eigenvalue weighted by molar-refractivity contribution is 1.10. The maximum Gasteiger partial charge on any atom is 0.132 e. The molecule has 4 aromatic carbocycles. The zero-order chi connectivity index (χ0) is 23.5. The fraction of sp³-hybridized carbons (Fsp3) is 0. The molecule has 0 saturated heterocycles. The van der Waals surface area contributed by atoms with Gasteiger partial charge in [-0.2, -0.15) is 10.5 Å². The lowest BCUT2D eigenvalue weighted by Crippen LogP contribution is -2.03. The Morgan fingerprint density at radius 2 is 0.743 bits per heavy atom. The average Bonchev–Trinajstić information content (AvgIpc) is 3.55. The van der Waals surface area contributed by atoms with E-state index >= 15 is 0 Å². The van der Waals surface area contributed by atoms with Gasteiger partial charge in [-0.15, -0.1) is 11.3 Å². The Balaban J connectivity index is 1.74. The van der Waals surface area contributed by atoms with Crippen LogP contribution in [0.3, 0.4) is 0 Å². The van der Waals surface area contributed by atoms with E-state index in [1.54, 1.807) is 0 Å². The van der Waals surface area contributed by atoms with E-state index < -0.39 is 0 Å². The normalized spacial score (nSPS) is 11.4. The Morgan fingerprint density at radius 3 is 1.03 bits per heavy atom. The zero-order valence-corrected chi connectivity index (χ0v) is 19.3. The Hall–Kier alpha value is -4.84. The van der Waals surface area contributed by atoms with Gasteiger partial charge in [-0.05, 0) is 24.3 Å². The molecule has 0 bridgehead atoms. The minimum Gasteiger partial charge on any atom is -0.305 e. The van der Waals surface area contributed by atoms with E-state index in [2.05, 4.69) is 69.8 Å². The maximum absolute atomic E-state index is 10.2. The number of hydrogen-bond acceptors (Lipinski definition) is 3. The molecule has 3 heterocycles. The van der Waals surface area contributed by atoms with E-state index in [1.165, 1.54) is 11.3 Å². The molecule has 0 atom stereocenters. The highest BCUT2D eigenvalue weighted by molar-refractivity contribution is 7.14. The fourth-order valence-electron chi connectivity index (χ4n) is 5.31. The van der Waals surface area contributed by atoms with Crippen molar-refractivity contribution in [2.24, 2.45) is 0 Å². The van der Waals surface area contributed by atoms with Gasteiger partial charge in [0.15, 0.2) is 0 Å². The first kappa shape index (κ1) is 19.6. The molecule has 0 saturated carbocycles. The van der Waals surface area contributed by atoms with Gasteiger partial charge in [-0.3, -0.25) is 0 Å². The van der Waals surface area contributed by atoms with E-state index in [0.29, 0.717) is 9.75 Å². The summed E-state index contributed by atoms with van der Waals surface area (Å²) in [5.74, 6) is 0. The van der Waals surface area contributed by atoms with Crippen molar-refractivity contribution in [1.82, 2.24) is 9.13 Å². The third kappa shape index (κ3) is 2.59. The molecular formula is C30H16N4S. The number of benzene rings is 4. The molecule has 0 fully saturated rings. The molecule has 0 aliphatic heterocycles. The number of thiophene rings is 1. The first-order valence-corrected chi connectivity index (χ1v) is 12.1. The van der Waals surface area contributed by atoms with Crippen LogP contribution in [0.2, 0.25) is 0 Å². The van der Waals surface area contributed by atoms with Crippen LogP contribution in [0.4, 0.5) is 0 Å². The number of para-hydroxylation sites is 4. The standard InChI is InChI=1S/C30H16N4S/c31-17-27-29(33-23-13-5-1-9-19(23)20-10-2-6-14-24(20)33)30(28(18-32)35-27)34-25-15-7-3-11-21(25)22-12-4-8-16-26(22)34/h1-16H. The van der Waals surface area contributed by atoms with Crippen molar-refractivity contribution in [2.45, 2.75) is 0 Å². The van der Waals surface area contributed by atoms with E-state index in [1.807, 2.05) is 48.5 Å². The van der Waals surface area contributed by atoms with E-state index in [9.17, 15) is 10.5 Å². The van der Waals surface area contributed by atoms with Crippen LogP contribution in [0.25, 0.3) is 55.0 Å². The summed E-state index contributed by atoms with van der Waals surface area (Å²) in [5, 5.41) is 25.0. The highest BCUT2D eigenvalue weighted by Crippen LogP contribution is 2.43. The third-order valence-electron chi connectivity index (χ3n) is 6.67. The molecule has 35 heavy (non-hydrogen) atoms. The largest absolute Gasteiger partial charge is 0.305 e. The van der Waals surface area contributed by atoms with Gasteiger partial charge < -0.3 is 9.13 Å². The molecule has 0 aliphatic carbocycles. The van der Waals surface area contributed by atoms with Crippen LogP contribution >= 0.6 is 11.3 Å². The minimum absolute atomic E-state index is 0.518. The van der Waals surface area contributed by atoms with Gasteiger partial charge in [0.05, 0.1) is 22.1 Å². The Labute approximate surface area is 204 Å². The van der Waals surface area contributed by atoms with Crippen LogP contribution in [0.5, 0.6) is 0 Å². The molecule has 0 aliphatic rings. The predicted molar refractivity (Wildman–Crippen MR) is 142 cm³/mol. The molecule has 0 spiro atoms. The summed E-state index contributed by atoms with van der Waals surface area (Å²) in [6.45, 7) is 0. The lowest BCUT2D eigenvalue weighted by atomic mass is 10.2. The second-order valence-electron chi connectivity index (χ2n) is 8.42. The number of rotatable bonds is 2. The summed E-state index contributed by atoms with van der Waals surface area (Å²) in [4.78, 5) is 1.04. The molecule has 5 heteroatoms. The molecule has 7 rings (SSSR count). The van der Waals surface area contributed by atoms with Gasteiger partial charge >= 0.3 is 0 Å². The van der Waals surface area contributed by atoms with Crippen LogP contribution in [0.1, 0.15) is 9.75 Å². The summed E-state index contributed by atoms with van der Waals surface area (Å²) in [6, 6.07) is 37.8. The van der Waals surface area contributed by atoms with Crippen molar-refractivity contribution in [1.29, 1.82) is 10.5 Å². The summed E-state index contributed by atoms with van der Waals surface area (Å²) < 4.78 is 4.30. The van der Waals surface area contributed by atoms with Gasteiger partial charge in [0.25, 0.3) is 0 Å². The number of fused-ring (bicyclic) bond motifs is 6. The Morgan fingerprint density at radius 1 is 0.457 bits per heavy atom. The SMILES string of the molecule is N#Cc1sc(C#N)c(-n2c3ccccc3c3ccccc32)c1-n1c2ccccc2c2ccccc21. The minimum atomic E-state index is 0.518. The van der Waals surface area contributed by atoms with Gasteiger partial charge in [-0.25, -0.2) is 0 Å². The molecule has 0 radical (unpaired) electrons. The second kappa shape index (κ2) is 7.33. The smallest absolute Gasteiger partial charge is 0.132 e. The lowest BCUT2D eigenvalue weighted by Gasteiger charge is -2.14. The van der Waals surface area contributed by atoms with Crippen molar-refractivity contribution in [3.8, 4) is 23.5 Å². The molecule has 3 aromatic heterocycles. The fourth-order valence-corrected chi connectivity index (χ4v) is 6.17. The van der Waals surface area contributed by atoms with Crippen molar-refractivity contribution in [3.05, 3.63) is 107 Å². The highest BCUT2D eigenvalue weighted by atomic mass is 32.1. The monoisotopic (exact) mass is 464 g/mol. The highest BCUT2D eigenvalue weighted by Gasteiger charge is 2.27. The van der Waals surface area contributed by atoms with Crippen LogP contribution in [-0.4, -0.2) is 9.13 Å². The Kier molecular flexibility index (Phi) is 4.11. The molecule has 4 nitrogen and oxygen atoms in total. The van der Waals surface area contributed by atoms with E-state index in [0.717, 1.165) is 55.0 Å². The number of nitrogens with zero attached hydrogens (tertiary/aromatic N) is 4. The second-order valence-corrected chi connectivity index (χ2v) is 9.44. The van der Waals surface area contributed by atoms with Gasteiger partial charge in [0.1, 0.15) is 33.3 Å². The van der Waals surface area contributed by atoms with Crippen LogP contribution in [0.15, 0.2) is 97.1 Å². The van der Waals surface area contributed by atoms with Crippen LogP contribution in [-0.2, 0) is 0 Å². The first-order valence-electron chi connectivity index (χ1n) is 11.3. The van der Waals surface area contributed by atoms with Crippen molar-refractivity contribution in [3.63, 3.8) is 0 Å². The van der Waals surface area contributed by atoms with E-state index in [-0.39, 0.29) is 0 Å². The van der Waals surface area contributed by atoms with E-state index in [4.69, 9.17) is 0 Å². The van der Waals surface area contributed by atoms with Crippen molar-refractivity contribution < 1.29 is 0 Å². The summed E-state index contributed by atoms with van der Waals surface area (Å²) >= 11 is 1.25. The first-order chi connectivity index (χ1) is 17.3. The molecular weight excluding hydrogens is 448 g/mol. The van der Waals surface area contributed by atoms with Crippen LogP contribution in [0, 0.1) is 22.7 Å². The van der Waals surface area contributed by atoms with Gasteiger partial charge in [-0.1, -0.05) is 72.8 Å².